The van der Waals surface area contributed by atoms with Crippen LogP contribution in [-0.2, 0) is 23.9 Å². The monoisotopic (exact) mass is 202 g/mol. The summed E-state index contributed by atoms with van der Waals surface area (Å²) >= 11 is 0. The molecule has 0 aliphatic heterocycles. The summed E-state index contributed by atoms with van der Waals surface area (Å²) in [5.41, 5.74) is 0. The third-order valence-electron chi connectivity index (χ3n) is 1.32. The van der Waals surface area contributed by atoms with Crippen molar-refractivity contribution in [2.75, 3.05) is 6.61 Å². The van der Waals surface area contributed by atoms with E-state index in [9.17, 15) is 14.4 Å². The molecule has 0 saturated carbocycles. The van der Waals surface area contributed by atoms with Crippen LogP contribution in [0.5, 0.6) is 0 Å². The first-order chi connectivity index (χ1) is 6.47. The first-order valence-electron chi connectivity index (χ1n) is 4.33. The predicted molar refractivity (Wildman–Crippen MR) is 47.5 cm³/mol. The van der Waals surface area contributed by atoms with Crippen molar-refractivity contribution in [3.8, 4) is 0 Å². The molecule has 0 amide bonds. The van der Waals surface area contributed by atoms with Gasteiger partial charge >= 0.3 is 11.9 Å². The molecule has 0 fully saturated rings. The molecule has 0 aromatic carbocycles. The lowest BCUT2D eigenvalue weighted by molar-refractivity contribution is -0.166. The summed E-state index contributed by atoms with van der Waals surface area (Å²) in [6.45, 7) is 4.56. The zero-order chi connectivity index (χ0) is 11.1. The second-order valence-corrected chi connectivity index (χ2v) is 2.76. The molecule has 0 aliphatic rings. The summed E-state index contributed by atoms with van der Waals surface area (Å²) in [5, 5.41) is 0. The van der Waals surface area contributed by atoms with E-state index < -0.39 is 18.0 Å². The van der Waals surface area contributed by atoms with Crippen molar-refractivity contribution < 1.29 is 23.9 Å². The number of carbonyl (C=O) groups excluding carboxylic acids is 3. The summed E-state index contributed by atoms with van der Waals surface area (Å²) in [4.78, 5) is 32.4. The van der Waals surface area contributed by atoms with Crippen molar-refractivity contribution in [1.29, 1.82) is 0 Å². The van der Waals surface area contributed by atoms with Gasteiger partial charge in [-0.2, -0.15) is 0 Å². The summed E-state index contributed by atoms with van der Waals surface area (Å²) < 4.78 is 9.25. The molecule has 0 aromatic rings. The molecule has 5 heteroatoms. The van der Waals surface area contributed by atoms with Gasteiger partial charge in [0.05, 0.1) is 6.61 Å². The maximum Gasteiger partial charge on any atom is 0.347 e. The van der Waals surface area contributed by atoms with Crippen molar-refractivity contribution in [1.82, 2.24) is 0 Å². The van der Waals surface area contributed by atoms with Gasteiger partial charge in [-0.05, 0) is 20.8 Å². The van der Waals surface area contributed by atoms with Crippen LogP contribution < -0.4 is 0 Å². The van der Waals surface area contributed by atoms with Gasteiger partial charge in [-0.15, -0.1) is 0 Å². The largest absolute Gasteiger partial charge is 0.463 e. The lowest BCUT2D eigenvalue weighted by Gasteiger charge is -2.10. The van der Waals surface area contributed by atoms with Crippen LogP contribution in [0.3, 0.4) is 0 Å². The summed E-state index contributed by atoms with van der Waals surface area (Å²) in [6, 6.07) is 0. The van der Waals surface area contributed by atoms with E-state index in [0.29, 0.717) is 0 Å². The predicted octanol–water partition coefficient (Wildman–Crippen LogP) is 0.460. The molecule has 80 valence electrons. The van der Waals surface area contributed by atoms with E-state index in [0.717, 1.165) is 0 Å². The molecule has 0 aliphatic carbocycles. The van der Waals surface area contributed by atoms with Crippen LogP contribution in [0.25, 0.3) is 0 Å². The number of ketones is 1. The van der Waals surface area contributed by atoms with Crippen LogP contribution in [0.4, 0.5) is 0 Å². The SMILES string of the molecule is CCOC(=O)[C@H](C)OC(=O)CC(C)=O. The highest BCUT2D eigenvalue weighted by molar-refractivity contribution is 5.94. The number of hydrogen-bond donors (Lipinski definition) is 0. The molecule has 0 bridgehead atoms. The van der Waals surface area contributed by atoms with E-state index in [4.69, 9.17) is 0 Å². The van der Waals surface area contributed by atoms with E-state index in [-0.39, 0.29) is 18.8 Å². The molecule has 0 saturated heterocycles. The fraction of sp³-hybridized carbons (Fsp3) is 0.667. The molecule has 0 aromatic heterocycles. The van der Waals surface area contributed by atoms with E-state index in [1.807, 2.05) is 0 Å². The Morgan fingerprint density at radius 1 is 1.29 bits per heavy atom. The Kier molecular flexibility index (Phi) is 5.52. The smallest absolute Gasteiger partial charge is 0.347 e. The van der Waals surface area contributed by atoms with Crippen molar-refractivity contribution in [2.45, 2.75) is 33.3 Å². The first kappa shape index (κ1) is 12.6. The minimum absolute atomic E-state index is 0.230. The van der Waals surface area contributed by atoms with Gasteiger partial charge in [0, 0.05) is 0 Å². The van der Waals surface area contributed by atoms with Crippen LogP contribution in [0.2, 0.25) is 0 Å². The standard InChI is InChI=1S/C9H14O5/c1-4-13-9(12)7(3)14-8(11)5-6(2)10/h7H,4-5H2,1-3H3/t7-/m0/s1. The highest BCUT2D eigenvalue weighted by atomic mass is 16.6. The molecule has 1 atom stereocenters. The number of Topliss-reactive ketones (excluding diaryl/α,β-unsaturated/α-hetero) is 1. The van der Waals surface area contributed by atoms with Crippen LogP contribution in [0.1, 0.15) is 27.2 Å². The van der Waals surface area contributed by atoms with Crippen molar-refractivity contribution in [2.24, 2.45) is 0 Å². The third kappa shape index (κ3) is 5.29. The molecule has 0 radical (unpaired) electrons. The van der Waals surface area contributed by atoms with Gasteiger partial charge < -0.3 is 9.47 Å². The van der Waals surface area contributed by atoms with Crippen LogP contribution in [0.15, 0.2) is 0 Å². The Balaban J connectivity index is 3.92. The highest BCUT2D eigenvalue weighted by Gasteiger charge is 2.19. The van der Waals surface area contributed by atoms with Crippen molar-refractivity contribution in [3.63, 3.8) is 0 Å². The van der Waals surface area contributed by atoms with Gasteiger partial charge in [-0.3, -0.25) is 9.59 Å². The highest BCUT2D eigenvalue weighted by Crippen LogP contribution is 1.98. The second kappa shape index (κ2) is 6.12. The van der Waals surface area contributed by atoms with Crippen LogP contribution in [0, 0.1) is 0 Å². The van der Waals surface area contributed by atoms with Gasteiger partial charge in [-0.25, -0.2) is 4.79 Å². The third-order valence-corrected chi connectivity index (χ3v) is 1.32. The minimum atomic E-state index is -0.957. The molecule has 0 spiro atoms. The first-order valence-corrected chi connectivity index (χ1v) is 4.33. The molecule has 5 nitrogen and oxygen atoms in total. The number of carbonyl (C=O) groups is 3. The average Bonchev–Trinajstić information content (AvgIpc) is 2.02. The lowest BCUT2D eigenvalue weighted by atomic mass is 10.3. The van der Waals surface area contributed by atoms with Crippen molar-refractivity contribution >= 4 is 17.7 Å². The van der Waals surface area contributed by atoms with E-state index >= 15 is 0 Å². The summed E-state index contributed by atoms with van der Waals surface area (Å²) in [7, 11) is 0. The fourth-order valence-corrected chi connectivity index (χ4v) is 0.750. The van der Waals surface area contributed by atoms with Crippen molar-refractivity contribution in [3.05, 3.63) is 0 Å². The Bertz CT molecular complexity index is 233. The Morgan fingerprint density at radius 3 is 2.29 bits per heavy atom. The number of esters is 2. The molecule has 0 heterocycles. The molecule has 0 unspecified atom stereocenters. The zero-order valence-electron chi connectivity index (χ0n) is 8.53. The topological polar surface area (TPSA) is 69.7 Å². The van der Waals surface area contributed by atoms with Gasteiger partial charge in [-0.1, -0.05) is 0 Å². The molecule has 0 N–H and O–H groups in total. The maximum absolute atomic E-state index is 11.0. The molecule has 14 heavy (non-hydrogen) atoms. The molecular weight excluding hydrogens is 188 g/mol. The lowest BCUT2D eigenvalue weighted by Crippen LogP contribution is -2.26. The van der Waals surface area contributed by atoms with Gasteiger partial charge in [0.2, 0.25) is 0 Å². The molecular formula is C9H14O5. The summed E-state index contributed by atoms with van der Waals surface area (Å²) in [5.74, 6) is -1.62. The van der Waals surface area contributed by atoms with Crippen LogP contribution in [-0.4, -0.2) is 30.4 Å². The maximum atomic E-state index is 11.0. The zero-order valence-corrected chi connectivity index (χ0v) is 8.53. The number of ether oxygens (including phenoxy) is 2. The Labute approximate surface area is 82.4 Å². The normalized spacial score (nSPS) is 11.6. The summed E-state index contributed by atoms with van der Waals surface area (Å²) in [6.07, 6.45) is -1.27. The second-order valence-electron chi connectivity index (χ2n) is 2.76. The van der Waals surface area contributed by atoms with Gasteiger partial charge in [0.25, 0.3) is 0 Å². The Hall–Kier alpha value is -1.39. The molecule has 0 rings (SSSR count). The van der Waals surface area contributed by atoms with Gasteiger partial charge in [0.15, 0.2) is 6.10 Å². The van der Waals surface area contributed by atoms with E-state index in [1.54, 1.807) is 6.92 Å². The number of rotatable bonds is 5. The van der Waals surface area contributed by atoms with E-state index in [1.165, 1.54) is 13.8 Å². The van der Waals surface area contributed by atoms with Crippen LogP contribution >= 0.6 is 0 Å². The number of hydrogen-bond acceptors (Lipinski definition) is 5. The minimum Gasteiger partial charge on any atom is -0.463 e. The fourth-order valence-electron chi connectivity index (χ4n) is 0.750. The quantitative estimate of drug-likeness (QED) is 0.478. The van der Waals surface area contributed by atoms with E-state index in [2.05, 4.69) is 9.47 Å². The average molecular weight is 202 g/mol. The Morgan fingerprint density at radius 2 is 1.86 bits per heavy atom. The van der Waals surface area contributed by atoms with Gasteiger partial charge in [0.1, 0.15) is 12.2 Å².